The third-order valence-corrected chi connectivity index (χ3v) is 15.8. The first-order valence-corrected chi connectivity index (χ1v) is 23.6. The maximum atomic E-state index is 14.1. The number of aromatic nitrogens is 2. The molecular weight excluding hydrogens is 957 g/mol. The first kappa shape index (κ1) is 41.2. The Morgan fingerprint density at radius 2 is 0.851 bits per heavy atom. The highest BCUT2D eigenvalue weighted by Gasteiger charge is 2.36. The van der Waals surface area contributed by atoms with Crippen LogP contribution in [0.15, 0.2) is 84.9 Å². The fraction of sp³-hybridized carbons (Fsp3) is 0.0175. The Labute approximate surface area is 415 Å². The van der Waals surface area contributed by atoms with Gasteiger partial charge in [0.2, 0.25) is 6.41 Å². The molecule has 0 saturated carbocycles. The maximum absolute atomic E-state index is 14.1. The Balaban J connectivity index is 1.11. The minimum atomic E-state index is -0.680. The molecule has 16 nitrogen and oxygen atoms in total. The lowest BCUT2D eigenvalue weighted by atomic mass is 9.78. The molecule has 0 aliphatic carbocycles. The van der Waals surface area contributed by atoms with Crippen molar-refractivity contribution in [3.05, 3.63) is 141 Å². The Hall–Kier alpha value is -10.6. The van der Waals surface area contributed by atoms with Gasteiger partial charge in [-0.05, 0) is 115 Å². The van der Waals surface area contributed by atoms with Gasteiger partial charge in [0.25, 0.3) is 41.4 Å². The van der Waals surface area contributed by atoms with Crippen LogP contribution in [0.25, 0.3) is 119 Å². The summed E-state index contributed by atoms with van der Waals surface area (Å²) in [4.78, 5) is 108. The molecule has 3 aliphatic heterocycles. The van der Waals surface area contributed by atoms with Crippen LogP contribution in [0, 0.1) is 29.6 Å². The summed E-state index contributed by atoms with van der Waals surface area (Å²) in [6, 6.07) is 28.1. The smallest absolute Gasteiger partial charge is 0.258 e. The molecule has 0 bridgehead atoms. The Bertz CT molecular complexity index is 5040. The zero-order valence-electron chi connectivity index (χ0n) is 37.6. The van der Waals surface area contributed by atoms with Crippen LogP contribution in [-0.4, -0.2) is 56.5 Å². The minimum absolute atomic E-state index is 0.118. The van der Waals surface area contributed by atoms with Gasteiger partial charge in [-0.3, -0.25) is 59.6 Å². The number of nitrogens with one attached hydrogen (secondary N) is 4. The average Bonchev–Trinajstić information content (AvgIpc) is 3.90. The van der Waals surface area contributed by atoms with Crippen molar-refractivity contribution < 1.29 is 38.4 Å². The highest BCUT2D eigenvalue weighted by molar-refractivity contribution is 7.00. The highest BCUT2D eigenvalue weighted by Crippen LogP contribution is 2.53. The van der Waals surface area contributed by atoms with Crippen LogP contribution in [0.4, 0.5) is 0 Å². The number of hydrogen-bond donors (Lipinski definition) is 4. The topological polar surface area (TPSA) is 258 Å². The van der Waals surface area contributed by atoms with E-state index in [1.54, 1.807) is 60.7 Å². The summed E-state index contributed by atoms with van der Waals surface area (Å²) in [6.45, 7) is 1.83. The van der Waals surface area contributed by atoms with E-state index in [1.807, 2.05) is 19.1 Å². The molecule has 0 spiro atoms. The fourth-order valence-corrected chi connectivity index (χ4v) is 13.0. The number of amides is 8. The summed E-state index contributed by atoms with van der Waals surface area (Å²) in [7, 11) is 0. The molecule has 3 aliphatic rings. The molecule has 0 unspecified atom stereocenters. The van der Waals surface area contributed by atoms with E-state index in [0.29, 0.717) is 131 Å². The number of hydrogen-bond acceptors (Lipinski definition) is 13. The van der Waals surface area contributed by atoms with E-state index in [4.69, 9.17) is 8.75 Å². The second kappa shape index (κ2) is 13.8. The van der Waals surface area contributed by atoms with Gasteiger partial charge >= 0.3 is 0 Å². The number of nitrogens with zero attached hydrogens (tertiary/aromatic N) is 4. The van der Waals surface area contributed by atoms with Crippen molar-refractivity contribution in [1.82, 2.24) is 30.0 Å². The van der Waals surface area contributed by atoms with Gasteiger partial charge in [0.05, 0.1) is 35.0 Å². The van der Waals surface area contributed by atoms with E-state index in [0.717, 1.165) is 11.7 Å². The summed E-state index contributed by atoms with van der Waals surface area (Å²) in [6.07, 6.45) is 0.306. The van der Waals surface area contributed by atoms with Crippen molar-refractivity contribution in [3.63, 3.8) is 0 Å². The van der Waals surface area contributed by atoms with Gasteiger partial charge in [0, 0.05) is 87.8 Å². The lowest BCUT2D eigenvalue weighted by Crippen LogP contribution is -2.35. The summed E-state index contributed by atoms with van der Waals surface area (Å²) < 4.78 is 9.77. The van der Waals surface area contributed by atoms with Gasteiger partial charge in [-0.2, -0.15) is 19.3 Å². The Kier molecular flexibility index (Phi) is 7.70. The normalized spacial score (nSPS) is 14.0. The number of nitriles is 2. The molecule has 74 heavy (non-hydrogen) atoms. The van der Waals surface area contributed by atoms with Crippen molar-refractivity contribution in [2.45, 2.75) is 6.92 Å². The number of imide groups is 4. The summed E-state index contributed by atoms with van der Waals surface area (Å²) in [5.41, 5.74) is 4.84. The number of carbonyl (C=O) groups excluding carboxylic acids is 8. The van der Waals surface area contributed by atoms with Crippen molar-refractivity contribution >= 4 is 157 Å². The standard InChI is InChI=1S/C57H22N8O8S/c1-19-2-3-26-40-24(6-9-28(37(19)40)51(67)60-18-66)38-20(16-58)12-33-45-35(56(72)62-54(33)70)14-31(42(26)47(38)45)22-4-5-23(50-49(22)64-74-65-50)32-15-36-46-34(55(71)63-57(36)73)13-21(17-59)39-25-7-10-29-44-30(53(69)61-52(29)68)11-8-27(41(25)44)43(32)48(39)46/h2-15,18H,1H3,(H,60,66,67)(H,61,68,69)(H,62,70,72)(H,63,71,73). The average molecular weight is 979 g/mol. The van der Waals surface area contributed by atoms with Crippen molar-refractivity contribution in [2.24, 2.45) is 0 Å². The second-order valence-electron chi connectivity index (χ2n) is 18.6. The maximum Gasteiger partial charge on any atom is 0.258 e. The molecule has 344 valence electrons. The van der Waals surface area contributed by atoms with E-state index in [1.165, 1.54) is 12.1 Å². The molecular formula is C57H22N8O8S. The summed E-state index contributed by atoms with van der Waals surface area (Å²) in [5, 5.41) is 39.0. The van der Waals surface area contributed by atoms with Crippen LogP contribution < -0.4 is 21.3 Å². The molecule has 12 aromatic rings. The number of fused-ring (bicyclic) bond motifs is 5. The molecule has 11 aromatic carbocycles. The number of benzene rings is 11. The van der Waals surface area contributed by atoms with Gasteiger partial charge in [-0.1, -0.05) is 42.5 Å². The first-order valence-electron chi connectivity index (χ1n) is 22.8. The Morgan fingerprint density at radius 3 is 1.32 bits per heavy atom. The van der Waals surface area contributed by atoms with Crippen LogP contribution in [0.5, 0.6) is 0 Å². The molecule has 8 amide bonds. The van der Waals surface area contributed by atoms with Crippen LogP contribution in [-0.2, 0) is 4.79 Å². The van der Waals surface area contributed by atoms with E-state index in [2.05, 4.69) is 33.4 Å². The van der Waals surface area contributed by atoms with E-state index in [9.17, 15) is 48.9 Å². The Morgan fingerprint density at radius 1 is 0.459 bits per heavy atom. The molecule has 4 N–H and O–H groups in total. The second-order valence-corrected chi connectivity index (χ2v) is 19.1. The van der Waals surface area contributed by atoms with Crippen molar-refractivity contribution in [1.29, 1.82) is 10.5 Å². The predicted molar refractivity (Wildman–Crippen MR) is 274 cm³/mol. The van der Waals surface area contributed by atoms with E-state index < -0.39 is 41.4 Å². The minimum Gasteiger partial charge on any atom is -0.295 e. The van der Waals surface area contributed by atoms with E-state index >= 15 is 0 Å². The molecule has 0 radical (unpaired) electrons. The predicted octanol–water partition coefficient (Wildman–Crippen LogP) is 8.72. The van der Waals surface area contributed by atoms with Gasteiger partial charge < -0.3 is 0 Å². The molecule has 1 aromatic heterocycles. The van der Waals surface area contributed by atoms with Crippen molar-refractivity contribution in [3.8, 4) is 34.4 Å². The summed E-state index contributed by atoms with van der Waals surface area (Å²) in [5.74, 6) is -4.51. The third-order valence-electron chi connectivity index (χ3n) is 15.2. The lowest BCUT2D eigenvalue weighted by Gasteiger charge is -2.26. The van der Waals surface area contributed by atoms with Gasteiger partial charge in [-0.25, -0.2) is 0 Å². The quantitative estimate of drug-likeness (QED) is 0.0559. The molecule has 0 fully saturated rings. The number of carbonyl (C=O) groups is 8. The zero-order valence-corrected chi connectivity index (χ0v) is 38.4. The molecule has 4 heterocycles. The van der Waals surface area contributed by atoms with Crippen LogP contribution in [0.1, 0.15) is 89.2 Å². The van der Waals surface area contributed by atoms with Crippen LogP contribution >= 0.6 is 11.7 Å². The number of rotatable bonds is 4. The highest BCUT2D eigenvalue weighted by atomic mass is 32.1. The summed E-state index contributed by atoms with van der Waals surface area (Å²) >= 11 is 0.904. The SMILES string of the molecule is Cc1ccc2c3c(-c4ccc(-c5cc6c7c(cc(C#N)c8c9ccc%10c%11c(ccc(c5c78)c%119)C(=O)NC%10=O)C(=O)NC6=O)c5nsnc45)cc4c5c(cc(C#N)c(c6ccc(C(=O)NC=O)c1c62)c53)C(=O)NC4=O. The lowest BCUT2D eigenvalue weighted by molar-refractivity contribution is -0.108. The van der Waals surface area contributed by atoms with Crippen LogP contribution in [0.3, 0.4) is 0 Å². The van der Waals surface area contributed by atoms with Crippen LogP contribution in [0.2, 0.25) is 0 Å². The van der Waals surface area contributed by atoms with Gasteiger partial charge in [-0.15, -0.1) is 0 Å². The third kappa shape index (κ3) is 4.82. The van der Waals surface area contributed by atoms with E-state index in [-0.39, 0.29) is 50.1 Å². The monoisotopic (exact) mass is 978 g/mol. The fourth-order valence-electron chi connectivity index (χ4n) is 12.4. The zero-order chi connectivity index (χ0) is 50.5. The number of aryl methyl sites for hydroxylation is 1. The molecule has 15 rings (SSSR count). The van der Waals surface area contributed by atoms with Crippen molar-refractivity contribution in [2.75, 3.05) is 0 Å². The molecule has 0 atom stereocenters. The molecule has 17 heteroatoms. The molecule has 0 saturated heterocycles. The first-order chi connectivity index (χ1) is 35.9. The largest absolute Gasteiger partial charge is 0.295 e. The van der Waals surface area contributed by atoms with Gasteiger partial charge in [0.1, 0.15) is 11.0 Å². The van der Waals surface area contributed by atoms with Gasteiger partial charge in [0.15, 0.2) is 0 Å².